The Morgan fingerprint density at radius 3 is 1.44 bits per heavy atom. The molecule has 0 aromatic carbocycles. The molecule has 2 atom stereocenters. The average Bonchev–Trinajstić information content (AvgIpc) is 3.19. The summed E-state index contributed by atoms with van der Waals surface area (Å²) in [4.78, 5) is 37.3. The van der Waals surface area contributed by atoms with Crippen molar-refractivity contribution in [2.45, 2.75) is 180 Å². The number of quaternary nitrogens is 1. The highest BCUT2D eigenvalue weighted by atomic mass is 31.2. The van der Waals surface area contributed by atoms with Gasteiger partial charge >= 0.3 is 11.9 Å². The molecule has 0 rings (SSSR count). The van der Waals surface area contributed by atoms with Crippen LogP contribution in [0.2, 0.25) is 0 Å². The molecule has 0 saturated heterocycles. The van der Waals surface area contributed by atoms with Crippen molar-refractivity contribution in [3.05, 3.63) is 72.9 Å². The van der Waals surface area contributed by atoms with E-state index >= 15 is 0 Å². The third-order valence-corrected chi connectivity index (χ3v) is 10.5. The van der Waals surface area contributed by atoms with Crippen molar-refractivity contribution in [2.75, 3.05) is 47.5 Å². The molecule has 0 radical (unpaired) electrons. The second-order valence-corrected chi connectivity index (χ2v) is 17.8. The molecule has 0 N–H and O–H groups in total. The van der Waals surface area contributed by atoms with Gasteiger partial charge in [-0.05, 0) is 64.2 Å². The van der Waals surface area contributed by atoms with Gasteiger partial charge in [-0.15, -0.1) is 0 Å². The number of unbranched alkanes of at least 4 members (excludes halogenated alkanes) is 15. The molecular weight excluding hydrogens is 762 g/mol. The number of likely N-dealkylation sites (N-methyl/N-ethyl adjacent to an activating group) is 1. The van der Waals surface area contributed by atoms with Crippen LogP contribution < -0.4 is 4.89 Å². The van der Waals surface area contributed by atoms with Crippen LogP contribution in [-0.4, -0.2) is 70.0 Å². The van der Waals surface area contributed by atoms with Crippen LogP contribution in [0.1, 0.15) is 174 Å². The van der Waals surface area contributed by atoms with E-state index in [0.717, 1.165) is 96.3 Å². The molecule has 0 fully saturated rings. The minimum absolute atomic E-state index is 0.0340. The molecule has 0 saturated carbocycles. The Labute approximate surface area is 361 Å². The lowest BCUT2D eigenvalue weighted by Gasteiger charge is -2.28. The van der Waals surface area contributed by atoms with Gasteiger partial charge < -0.3 is 27.9 Å². The number of allylic oxidation sites excluding steroid dienone is 12. The summed E-state index contributed by atoms with van der Waals surface area (Å²) in [6, 6.07) is 0. The molecule has 59 heavy (non-hydrogen) atoms. The first-order valence-electron chi connectivity index (χ1n) is 23.1. The Bertz CT molecular complexity index is 1230. The van der Waals surface area contributed by atoms with E-state index in [0.29, 0.717) is 17.4 Å². The number of hydrogen-bond donors (Lipinski definition) is 0. The fourth-order valence-electron chi connectivity index (χ4n) is 5.89. The Morgan fingerprint density at radius 2 is 0.966 bits per heavy atom. The van der Waals surface area contributed by atoms with Crippen molar-refractivity contribution in [3.63, 3.8) is 0 Å². The molecule has 340 valence electrons. The van der Waals surface area contributed by atoms with Crippen molar-refractivity contribution in [3.8, 4) is 0 Å². The van der Waals surface area contributed by atoms with Crippen molar-refractivity contribution in [1.29, 1.82) is 0 Å². The SMILES string of the molecule is CC/C=C\C/C=C\C/C=C\C/C=C\C/C=C\C/C=C\CCCCCCCCCCCCC(=O)OC(COC(=O)CCCCCCCC)COP(=O)([O-])OCC[N+](C)(C)C. The molecule has 0 aromatic rings. The minimum atomic E-state index is -4.62. The maximum atomic E-state index is 12.6. The second kappa shape index (κ2) is 40.8. The van der Waals surface area contributed by atoms with E-state index in [1.807, 2.05) is 21.1 Å². The highest BCUT2D eigenvalue weighted by molar-refractivity contribution is 7.45. The van der Waals surface area contributed by atoms with E-state index in [1.54, 1.807) is 0 Å². The van der Waals surface area contributed by atoms with Crippen LogP contribution in [0.4, 0.5) is 0 Å². The molecule has 2 unspecified atom stereocenters. The molecule has 0 heterocycles. The molecule has 0 aromatic heterocycles. The summed E-state index contributed by atoms with van der Waals surface area (Å²) in [7, 11) is 1.15. The van der Waals surface area contributed by atoms with Gasteiger partial charge in [0.05, 0.1) is 27.7 Å². The van der Waals surface area contributed by atoms with Crippen LogP contribution in [0.25, 0.3) is 0 Å². The number of hydrogen-bond acceptors (Lipinski definition) is 8. The molecule has 0 aliphatic carbocycles. The van der Waals surface area contributed by atoms with Crippen LogP contribution >= 0.6 is 7.82 Å². The first-order chi connectivity index (χ1) is 28.5. The van der Waals surface area contributed by atoms with Gasteiger partial charge in [-0.25, -0.2) is 0 Å². The van der Waals surface area contributed by atoms with Crippen LogP contribution in [0.15, 0.2) is 72.9 Å². The summed E-state index contributed by atoms with van der Waals surface area (Å²) < 4.78 is 33.7. The normalized spacial score (nSPS) is 14.2. The molecule has 10 heteroatoms. The van der Waals surface area contributed by atoms with E-state index < -0.39 is 32.5 Å². The summed E-state index contributed by atoms with van der Waals surface area (Å²) in [5, 5.41) is 0. The van der Waals surface area contributed by atoms with E-state index in [1.165, 1.54) is 44.9 Å². The monoisotopic (exact) mass is 848 g/mol. The van der Waals surface area contributed by atoms with Gasteiger partial charge in [0.2, 0.25) is 0 Å². The van der Waals surface area contributed by atoms with Crippen LogP contribution in [-0.2, 0) is 32.7 Å². The Hall–Kier alpha value is -2.55. The van der Waals surface area contributed by atoms with E-state index in [-0.39, 0.29) is 26.1 Å². The largest absolute Gasteiger partial charge is 0.756 e. The number of phosphoric ester groups is 1. The van der Waals surface area contributed by atoms with Crippen molar-refractivity contribution in [2.24, 2.45) is 0 Å². The molecule has 0 bridgehead atoms. The molecular formula is C49H86NO8P. The zero-order valence-corrected chi connectivity index (χ0v) is 39.1. The van der Waals surface area contributed by atoms with Gasteiger partial charge in [0.1, 0.15) is 19.8 Å². The average molecular weight is 848 g/mol. The van der Waals surface area contributed by atoms with E-state index in [9.17, 15) is 19.0 Å². The summed E-state index contributed by atoms with van der Waals surface area (Å²) in [6.07, 6.45) is 51.1. The Balaban J connectivity index is 4.09. The van der Waals surface area contributed by atoms with Gasteiger partial charge in [0, 0.05) is 12.8 Å². The van der Waals surface area contributed by atoms with Crippen molar-refractivity contribution < 1.29 is 42.1 Å². The predicted octanol–water partition coefficient (Wildman–Crippen LogP) is 12.8. The number of rotatable bonds is 41. The fraction of sp³-hybridized carbons (Fsp3) is 0.714. The van der Waals surface area contributed by atoms with Crippen molar-refractivity contribution in [1.82, 2.24) is 0 Å². The lowest BCUT2D eigenvalue weighted by atomic mass is 10.0. The lowest BCUT2D eigenvalue weighted by Crippen LogP contribution is -2.37. The zero-order chi connectivity index (χ0) is 43.6. The summed E-state index contributed by atoms with van der Waals surface area (Å²) in [5.74, 6) is -0.853. The third kappa shape index (κ3) is 44.8. The zero-order valence-electron chi connectivity index (χ0n) is 38.2. The topological polar surface area (TPSA) is 111 Å². The smallest absolute Gasteiger partial charge is 0.306 e. The maximum absolute atomic E-state index is 12.6. The third-order valence-electron chi connectivity index (χ3n) is 9.49. The second-order valence-electron chi connectivity index (χ2n) is 16.4. The summed E-state index contributed by atoms with van der Waals surface area (Å²) in [6.45, 7) is 4.02. The van der Waals surface area contributed by atoms with E-state index in [4.69, 9.17) is 18.5 Å². The predicted molar refractivity (Wildman–Crippen MR) is 245 cm³/mol. The highest BCUT2D eigenvalue weighted by Gasteiger charge is 2.21. The number of esters is 2. The van der Waals surface area contributed by atoms with E-state index in [2.05, 4.69) is 86.8 Å². The highest BCUT2D eigenvalue weighted by Crippen LogP contribution is 2.38. The first kappa shape index (κ1) is 56.5. The lowest BCUT2D eigenvalue weighted by molar-refractivity contribution is -0.870. The fourth-order valence-corrected chi connectivity index (χ4v) is 6.62. The Morgan fingerprint density at radius 1 is 0.542 bits per heavy atom. The Kier molecular flexibility index (Phi) is 39.1. The standard InChI is InChI=1S/C49H86NO8P/c1-6-8-10-12-14-15-16-17-18-19-20-21-22-23-24-25-26-27-28-29-30-31-32-33-34-35-36-38-40-42-49(52)58-47(45-55-48(51)41-39-37-13-11-9-7-2)46-57-59(53,54)56-44-43-50(3,4)5/h8,10,14-15,17-18,20-21,23-24,26-27,47H,6-7,9,11-13,16,19,22,25,28-46H2,1-5H3/b10-8-,15-14-,18-17-,21-20-,24-23-,27-26-. The van der Waals surface area contributed by atoms with Gasteiger partial charge in [0.25, 0.3) is 7.82 Å². The molecule has 0 aliphatic heterocycles. The maximum Gasteiger partial charge on any atom is 0.306 e. The number of phosphoric acid groups is 1. The molecule has 0 aliphatic rings. The number of ether oxygens (including phenoxy) is 2. The van der Waals surface area contributed by atoms with Gasteiger partial charge in [-0.3, -0.25) is 14.2 Å². The van der Waals surface area contributed by atoms with Crippen molar-refractivity contribution >= 4 is 19.8 Å². The quantitative estimate of drug-likeness (QED) is 0.0197. The van der Waals surface area contributed by atoms with Crippen LogP contribution in [0.5, 0.6) is 0 Å². The molecule has 9 nitrogen and oxygen atoms in total. The van der Waals surface area contributed by atoms with Gasteiger partial charge in [0.15, 0.2) is 6.10 Å². The minimum Gasteiger partial charge on any atom is -0.756 e. The molecule has 0 spiro atoms. The number of carbonyl (C=O) groups excluding carboxylic acids is 2. The number of nitrogens with zero attached hydrogens (tertiary/aromatic N) is 1. The van der Waals surface area contributed by atoms with Crippen LogP contribution in [0.3, 0.4) is 0 Å². The van der Waals surface area contributed by atoms with Gasteiger partial charge in [-0.1, -0.05) is 170 Å². The first-order valence-corrected chi connectivity index (χ1v) is 24.6. The summed E-state index contributed by atoms with van der Waals surface area (Å²) >= 11 is 0. The van der Waals surface area contributed by atoms with Gasteiger partial charge in [-0.2, -0.15) is 0 Å². The summed E-state index contributed by atoms with van der Waals surface area (Å²) in [5.41, 5.74) is 0. The molecule has 0 amide bonds. The van der Waals surface area contributed by atoms with Crippen LogP contribution in [0, 0.1) is 0 Å². The number of carbonyl (C=O) groups is 2.